The molecule has 0 spiro atoms. The summed E-state index contributed by atoms with van der Waals surface area (Å²) in [7, 11) is -3.85. The van der Waals surface area contributed by atoms with Crippen LogP contribution in [0.15, 0.2) is 23.1 Å². The van der Waals surface area contributed by atoms with E-state index < -0.39 is 16.0 Å². The number of hydrogen-bond acceptors (Lipinski definition) is 5. The van der Waals surface area contributed by atoms with E-state index in [-0.39, 0.29) is 29.1 Å². The molecule has 0 aromatic heterocycles. The average Bonchev–Trinajstić information content (AvgIpc) is 3.07. The van der Waals surface area contributed by atoms with Gasteiger partial charge in [-0.15, -0.1) is 0 Å². The van der Waals surface area contributed by atoms with Gasteiger partial charge in [-0.1, -0.05) is 13.3 Å². The van der Waals surface area contributed by atoms with Crippen LogP contribution >= 0.6 is 0 Å². The predicted octanol–water partition coefficient (Wildman–Crippen LogP) is 2.44. The molecule has 2 rings (SSSR count). The number of benzene rings is 1. The van der Waals surface area contributed by atoms with Crippen molar-refractivity contribution in [1.29, 1.82) is 0 Å². The summed E-state index contributed by atoms with van der Waals surface area (Å²) in [5.41, 5.74) is 0.344. The van der Waals surface area contributed by atoms with E-state index in [4.69, 9.17) is 4.74 Å². The highest BCUT2D eigenvalue weighted by Crippen LogP contribution is 2.25. The Bertz CT molecular complexity index is 699. The highest BCUT2D eigenvalue weighted by Gasteiger charge is 2.24. The summed E-state index contributed by atoms with van der Waals surface area (Å²) in [5, 5.41) is 12.3. The van der Waals surface area contributed by atoms with Gasteiger partial charge in [-0.2, -0.15) is 0 Å². The highest BCUT2D eigenvalue weighted by molar-refractivity contribution is 7.89. The van der Waals surface area contributed by atoms with Crippen LogP contribution in [0.2, 0.25) is 0 Å². The molecule has 1 aromatic rings. The second-order valence-electron chi connectivity index (χ2n) is 6.34. The Hall–Kier alpha value is -1.64. The maximum absolute atomic E-state index is 12.7. The third kappa shape index (κ3) is 5.42. The Morgan fingerprint density at radius 3 is 2.80 bits per heavy atom. The van der Waals surface area contributed by atoms with Crippen LogP contribution in [0.4, 0.5) is 5.69 Å². The van der Waals surface area contributed by atoms with Crippen LogP contribution in [-0.2, 0) is 14.8 Å². The van der Waals surface area contributed by atoms with Crippen molar-refractivity contribution in [2.45, 2.75) is 56.6 Å². The number of sulfonamides is 1. The summed E-state index contributed by atoms with van der Waals surface area (Å²) in [6, 6.07) is 4.19. The molecule has 25 heavy (non-hydrogen) atoms. The van der Waals surface area contributed by atoms with E-state index in [9.17, 15) is 18.3 Å². The topological polar surface area (TPSA) is 105 Å². The van der Waals surface area contributed by atoms with Crippen LogP contribution in [0.5, 0.6) is 0 Å². The lowest BCUT2D eigenvalue weighted by Gasteiger charge is -2.19. The second kappa shape index (κ2) is 8.64. The summed E-state index contributed by atoms with van der Waals surface area (Å²) in [5.74, 6) is -1.16. The van der Waals surface area contributed by atoms with Crippen LogP contribution < -0.4 is 10.0 Å². The minimum absolute atomic E-state index is 0.0478. The number of anilines is 1. The minimum Gasteiger partial charge on any atom is -0.478 e. The first-order chi connectivity index (χ1) is 11.8. The predicted molar refractivity (Wildman–Crippen MR) is 95.6 cm³/mol. The molecule has 3 N–H and O–H groups in total. The van der Waals surface area contributed by atoms with Crippen molar-refractivity contribution in [3.63, 3.8) is 0 Å². The zero-order chi connectivity index (χ0) is 18.4. The number of nitrogens with one attached hydrogen (secondary N) is 2. The van der Waals surface area contributed by atoms with E-state index in [0.717, 1.165) is 25.7 Å². The van der Waals surface area contributed by atoms with Gasteiger partial charge in [-0.3, -0.25) is 0 Å². The van der Waals surface area contributed by atoms with E-state index in [1.807, 2.05) is 13.8 Å². The van der Waals surface area contributed by atoms with Gasteiger partial charge in [0.05, 0.1) is 17.4 Å². The number of aromatic carboxylic acids is 1. The molecule has 1 saturated heterocycles. The number of carboxylic acids is 1. The van der Waals surface area contributed by atoms with Crippen LogP contribution in [0.25, 0.3) is 0 Å². The summed E-state index contributed by atoms with van der Waals surface area (Å²) in [4.78, 5) is 11.2. The molecule has 7 nitrogen and oxygen atoms in total. The summed E-state index contributed by atoms with van der Waals surface area (Å²) in [6.07, 6.45) is 3.44. The first-order valence-corrected chi connectivity index (χ1v) is 10.1. The van der Waals surface area contributed by atoms with Crippen LogP contribution in [0.3, 0.4) is 0 Å². The molecule has 0 radical (unpaired) electrons. The molecule has 1 fully saturated rings. The van der Waals surface area contributed by atoms with Gasteiger partial charge in [-0.25, -0.2) is 17.9 Å². The molecule has 0 aliphatic carbocycles. The van der Waals surface area contributed by atoms with Crippen molar-refractivity contribution < 1.29 is 23.1 Å². The first kappa shape index (κ1) is 19.7. The quantitative estimate of drug-likeness (QED) is 0.617. The Labute approximate surface area is 148 Å². The van der Waals surface area contributed by atoms with Crippen LogP contribution in [0, 0.1) is 0 Å². The maximum atomic E-state index is 12.7. The third-order valence-corrected chi connectivity index (χ3v) is 5.63. The Balaban J connectivity index is 2.26. The molecule has 0 unspecified atom stereocenters. The van der Waals surface area contributed by atoms with Gasteiger partial charge >= 0.3 is 5.97 Å². The van der Waals surface area contributed by atoms with E-state index >= 15 is 0 Å². The third-order valence-electron chi connectivity index (χ3n) is 4.17. The lowest BCUT2D eigenvalue weighted by molar-refractivity contribution is 0.0696. The second-order valence-corrected chi connectivity index (χ2v) is 8.07. The molecule has 1 aromatic carbocycles. The molecular formula is C17H26N2O5S. The molecule has 0 saturated carbocycles. The number of carboxylic acid groups (broad SMARTS) is 1. The van der Waals surface area contributed by atoms with Gasteiger partial charge in [0.1, 0.15) is 4.90 Å². The van der Waals surface area contributed by atoms with Gasteiger partial charge in [-0.05, 0) is 44.4 Å². The standard InChI is InChI=1S/C17H26N2O5S/c1-3-5-12(2)19-15-8-7-13(17(20)21)10-16(15)25(22,23)18-11-14-6-4-9-24-14/h7-8,10,12,14,18-19H,3-6,9,11H2,1-2H3,(H,20,21)/t12-,14+/m1/s1. The van der Waals surface area contributed by atoms with Gasteiger partial charge in [0.25, 0.3) is 0 Å². The molecular weight excluding hydrogens is 344 g/mol. The molecule has 1 aliphatic heterocycles. The lowest BCUT2D eigenvalue weighted by Crippen LogP contribution is -2.32. The number of carbonyl (C=O) groups is 1. The van der Waals surface area contributed by atoms with Crippen LogP contribution in [0.1, 0.15) is 49.9 Å². The van der Waals surface area contributed by atoms with Gasteiger partial charge in [0.15, 0.2) is 0 Å². The van der Waals surface area contributed by atoms with Crippen molar-refractivity contribution in [1.82, 2.24) is 4.72 Å². The largest absolute Gasteiger partial charge is 0.478 e. The van der Waals surface area contributed by atoms with Crippen molar-refractivity contribution in [3.05, 3.63) is 23.8 Å². The molecule has 0 bridgehead atoms. The fourth-order valence-corrected chi connectivity index (χ4v) is 4.11. The first-order valence-electron chi connectivity index (χ1n) is 8.58. The molecule has 140 valence electrons. The number of ether oxygens (including phenoxy) is 1. The maximum Gasteiger partial charge on any atom is 0.335 e. The fraction of sp³-hybridized carbons (Fsp3) is 0.588. The van der Waals surface area contributed by atoms with Crippen molar-refractivity contribution in [3.8, 4) is 0 Å². The summed E-state index contributed by atoms with van der Waals surface area (Å²) < 4.78 is 33.4. The van der Waals surface area contributed by atoms with E-state index in [1.54, 1.807) is 0 Å². The smallest absolute Gasteiger partial charge is 0.335 e. The fourth-order valence-electron chi connectivity index (χ4n) is 2.85. The minimum atomic E-state index is -3.85. The van der Waals surface area contributed by atoms with Crippen LogP contribution in [-0.4, -0.2) is 44.8 Å². The zero-order valence-corrected chi connectivity index (χ0v) is 15.4. The van der Waals surface area contributed by atoms with Crippen molar-refractivity contribution in [2.24, 2.45) is 0 Å². The number of hydrogen-bond donors (Lipinski definition) is 3. The Morgan fingerprint density at radius 1 is 1.44 bits per heavy atom. The normalized spacial score (nSPS) is 18.9. The summed E-state index contributed by atoms with van der Waals surface area (Å²) in [6.45, 7) is 4.84. The van der Waals surface area contributed by atoms with Gasteiger partial charge < -0.3 is 15.2 Å². The highest BCUT2D eigenvalue weighted by atomic mass is 32.2. The Morgan fingerprint density at radius 2 is 2.20 bits per heavy atom. The Kier molecular flexibility index (Phi) is 6.80. The number of rotatable bonds is 9. The SMILES string of the molecule is CCC[C@@H](C)Nc1ccc(C(=O)O)cc1S(=O)(=O)NC[C@@H]1CCCO1. The monoisotopic (exact) mass is 370 g/mol. The lowest BCUT2D eigenvalue weighted by atomic mass is 10.1. The zero-order valence-electron chi connectivity index (χ0n) is 14.6. The van der Waals surface area contributed by atoms with E-state index in [1.165, 1.54) is 18.2 Å². The van der Waals surface area contributed by atoms with Gasteiger partial charge in [0.2, 0.25) is 10.0 Å². The summed E-state index contributed by atoms with van der Waals surface area (Å²) >= 11 is 0. The van der Waals surface area contributed by atoms with Gasteiger partial charge in [0, 0.05) is 19.2 Å². The molecule has 8 heteroatoms. The van der Waals surface area contributed by atoms with E-state index in [0.29, 0.717) is 12.3 Å². The molecule has 1 aliphatic rings. The van der Waals surface area contributed by atoms with Crippen molar-refractivity contribution in [2.75, 3.05) is 18.5 Å². The molecule has 2 atom stereocenters. The van der Waals surface area contributed by atoms with Crippen molar-refractivity contribution >= 4 is 21.7 Å². The average molecular weight is 370 g/mol. The molecule has 1 heterocycles. The molecule has 0 amide bonds. The van der Waals surface area contributed by atoms with E-state index in [2.05, 4.69) is 10.0 Å².